The summed E-state index contributed by atoms with van der Waals surface area (Å²) in [5.41, 5.74) is 1.66. The van der Waals surface area contributed by atoms with Crippen molar-refractivity contribution in [3.8, 4) is 11.4 Å². The largest absolute Gasteiger partial charge is 0.335 e. The van der Waals surface area contributed by atoms with E-state index >= 15 is 0 Å². The molecule has 0 radical (unpaired) electrons. The predicted molar refractivity (Wildman–Crippen MR) is 116 cm³/mol. The number of rotatable bonds is 4. The summed E-state index contributed by atoms with van der Waals surface area (Å²) >= 11 is 1.13. The van der Waals surface area contributed by atoms with Crippen LogP contribution in [0.5, 0.6) is 0 Å². The van der Waals surface area contributed by atoms with Crippen molar-refractivity contribution in [1.29, 1.82) is 0 Å². The Hall–Kier alpha value is -2.55. The topological polar surface area (TPSA) is 115 Å². The number of hydrogen-bond acceptors (Lipinski definition) is 6. The molecule has 1 aromatic carbocycles. The highest BCUT2D eigenvalue weighted by Gasteiger charge is 2.23. The molecule has 2 rings (SSSR count). The number of carbonyl (C=O) groups excluding carboxylic acids is 2. The van der Waals surface area contributed by atoms with Gasteiger partial charge in [0, 0.05) is 11.1 Å². The lowest BCUT2D eigenvalue weighted by Crippen LogP contribution is -2.49. The standard InChI is InChI=1S/C20H30N6O2S/c1-12(16(27)22-17(28)23-20(5,6)7)29-18-25-24-15(26(18)21)13-8-10-14(11-9-13)19(2,3)4/h8-12H,21H2,1-7H3,(H2,22,23,27,28). The van der Waals surface area contributed by atoms with Crippen LogP contribution < -0.4 is 16.5 Å². The van der Waals surface area contributed by atoms with Gasteiger partial charge in [0.25, 0.3) is 0 Å². The Morgan fingerprint density at radius 2 is 1.66 bits per heavy atom. The maximum atomic E-state index is 12.3. The molecule has 9 heteroatoms. The van der Waals surface area contributed by atoms with Crippen LogP contribution in [0.1, 0.15) is 54.0 Å². The molecule has 2 aromatic rings. The second-order valence-corrected chi connectivity index (χ2v) is 10.3. The third-order valence-corrected chi connectivity index (χ3v) is 5.11. The Kier molecular flexibility index (Phi) is 6.62. The number of imide groups is 1. The molecule has 3 amide bonds. The second-order valence-electron chi connectivity index (χ2n) is 8.96. The van der Waals surface area contributed by atoms with E-state index in [1.807, 2.05) is 45.0 Å². The van der Waals surface area contributed by atoms with Gasteiger partial charge in [-0.25, -0.2) is 9.47 Å². The van der Waals surface area contributed by atoms with E-state index in [2.05, 4.69) is 41.6 Å². The number of benzene rings is 1. The van der Waals surface area contributed by atoms with Crippen LogP contribution in [0.3, 0.4) is 0 Å². The molecule has 4 N–H and O–H groups in total. The molecule has 1 unspecified atom stereocenters. The molecule has 8 nitrogen and oxygen atoms in total. The highest BCUT2D eigenvalue weighted by Crippen LogP contribution is 2.27. The maximum absolute atomic E-state index is 12.3. The summed E-state index contributed by atoms with van der Waals surface area (Å²) in [7, 11) is 0. The van der Waals surface area contributed by atoms with E-state index in [9.17, 15) is 9.59 Å². The van der Waals surface area contributed by atoms with Gasteiger partial charge < -0.3 is 11.2 Å². The number of carbonyl (C=O) groups is 2. The van der Waals surface area contributed by atoms with Crippen molar-refractivity contribution in [1.82, 2.24) is 25.5 Å². The van der Waals surface area contributed by atoms with Crippen LogP contribution in [0.15, 0.2) is 29.4 Å². The van der Waals surface area contributed by atoms with Crippen molar-refractivity contribution in [3.05, 3.63) is 29.8 Å². The first-order valence-corrected chi connectivity index (χ1v) is 10.3. The molecule has 0 bridgehead atoms. The van der Waals surface area contributed by atoms with E-state index in [-0.39, 0.29) is 5.41 Å². The Morgan fingerprint density at radius 1 is 1.07 bits per heavy atom. The van der Waals surface area contributed by atoms with Gasteiger partial charge in [0.05, 0.1) is 5.25 Å². The lowest BCUT2D eigenvalue weighted by molar-refractivity contribution is -0.119. The number of nitrogens with one attached hydrogen (secondary N) is 2. The minimum Gasteiger partial charge on any atom is -0.335 e. The van der Waals surface area contributed by atoms with Gasteiger partial charge in [-0.2, -0.15) is 0 Å². The van der Waals surface area contributed by atoms with E-state index in [1.165, 1.54) is 10.2 Å². The van der Waals surface area contributed by atoms with E-state index < -0.39 is 22.7 Å². The molecule has 1 atom stereocenters. The molecular formula is C20H30N6O2S. The Labute approximate surface area is 176 Å². The van der Waals surface area contributed by atoms with Crippen LogP contribution in [0.2, 0.25) is 0 Å². The zero-order valence-corrected chi connectivity index (χ0v) is 18.8. The zero-order valence-electron chi connectivity index (χ0n) is 18.0. The normalized spacial score (nSPS) is 13.1. The number of thioether (sulfide) groups is 1. The molecule has 0 fully saturated rings. The van der Waals surface area contributed by atoms with Crippen molar-refractivity contribution in [2.24, 2.45) is 0 Å². The summed E-state index contributed by atoms with van der Waals surface area (Å²) in [5, 5.41) is 13.1. The number of amides is 3. The SMILES string of the molecule is CC(Sc1nnc(-c2ccc(C(C)(C)C)cc2)n1N)C(=O)NC(=O)NC(C)(C)C. The fraction of sp³-hybridized carbons (Fsp3) is 0.500. The average Bonchev–Trinajstić information content (AvgIpc) is 2.93. The van der Waals surface area contributed by atoms with Crippen LogP contribution in [0.4, 0.5) is 4.79 Å². The van der Waals surface area contributed by atoms with Gasteiger partial charge in [-0.05, 0) is 38.7 Å². The molecule has 0 saturated heterocycles. The molecule has 0 aliphatic heterocycles. The van der Waals surface area contributed by atoms with E-state index in [0.29, 0.717) is 11.0 Å². The number of nitrogens with two attached hydrogens (primary N) is 1. The molecule has 29 heavy (non-hydrogen) atoms. The molecule has 0 aliphatic carbocycles. The van der Waals surface area contributed by atoms with Gasteiger partial charge in [-0.1, -0.05) is 56.8 Å². The van der Waals surface area contributed by atoms with Gasteiger partial charge in [0.2, 0.25) is 11.1 Å². The molecule has 0 aliphatic rings. The van der Waals surface area contributed by atoms with E-state index in [0.717, 1.165) is 17.3 Å². The highest BCUT2D eigenvalue weighted by atomic mass is 32.2. The number of urea groups is 1. The predicted octanol–water partition coefficient (Wildman–Crippen LogP) is 3.06. The van der Waals surface area contributed by atoms with Crippen LogP contribution in [-0.2, 0) is 10.2 Å². The molecule has 1 heterocycles. The van der Waals surface area contributed by atoms with Crippen LogP contribution in [0, 0.1) is 0 Å². The van der Waals surface area contributed by atoms with E-state index in [1.54, 1.807) is 6.92 Å². The van der Waals surface area contributed by atoms with Crippen molar-refractivity contribution >= 4 is 23.7 Å². The van der Waals surface area contributed by atoms with Gasteiger partial charge in [-0.3, -0.25) is 10.1 Å². The fourth-order valence-corrected chi connectivity index (χ4v) is 3.24. The number of nitrogen functional groups attached to an aromatic ring is 1. The van der Waals surface area contributed by atoms with Crippen LogP contribution in [0.25, 0.3) is 11.4 Å². The lowest BCUT2D eigenvalue weighted by Gasteiger charge is -2.21. The van der Waals surface area contributed by atoms with E-state index in [4.69, 9.17) is 5.84 Å². The van der Waals surface area contributed by atoms with Gasteiger partial charge in [0.15, 0.2) is 5.82 Å². The highest BCUT2D eigenvalue weighted by molar-refractivity contribution is 8.00. The number of aromatic nitrogens is 3. The summed E-state index contributed by atoms with van der Waals surface area (Å²) in [6.45, 7) is 13.6. The minimum absolute atomic E-state index is 0.0536. The summed E-state index contributed by atoms with van der Waals surface area (Å²) in [6.07, 6.45) is 0. The maximum Gasteiger partial charge on any atom is 0.321 e. The Morgan fingerprint density at radius 3 is 2.17 bits per heavy atom. The number of nitrogens with zero attached hydrogens (tertiary/aromatic N) is 3. The molecule has 1 aromatic heterocycles. The average molecular weight is 419 g/mol. The third-order valence-electron chi connectivity index (χ3n) is 4.05. The van der Waals surface area contributed by atoms with Crippen molar-refractivity contribution in [2.75, 3.05) is 5.84 Å². The lowest BCUT2D eigenvalue weighted by atomic mass is 9.87. The van der Waals surface area contributed by atoms with Crippen LogP contribution >= 0.6 is 11.8 Å². The Balaban J connectivity index is 2.07. The summed E-state index contributed by atoms with van der Waals surface area (Å²) in [4.78, 5) is 24.1. The summed E-state index contributed by atoms with van der Waals surface area (Å²) in [6, 6.07) is 7.45. The van der Waals surface area contributed by atoms with Gasteiger partial charge in [0.1, 0.15) is 0 Å². The van der Waals surface area contributed by atoms with Crippen molar-refractivity contribution < 1.29 is 9.59 Å². The van der Waals surface area contributed by atoms with Gasteiger partial charge in [-0.15, -0.1) is 10.2 Å². The third kappa shape index (κ3) is 6.22. The monoisotopic (exact) mass is 418 g/mol. The first-order chi connectivity index (χ1) is 13.3. The minimum atomic E-state index is -0.580. The smallest absolute Gasteiger partial charge is 0.321 e. The Bertz CT molecular complexity index is 878. The second kappa shape index (κ2) is 8.44. The molecule has 0 spiro atoms. The summed E-state index contributed by atoms with van der Waals surface area (Å²) in [5.74, 6) is 6.22. The first-order valence-electron chi connectivity index (χ1n) is 9.39. The molecular weight excluding hydrogens is 388 g/mol. The molecule has 0 saturated carbocycles. The first kappa shape index (κ1) is 22.7. The van der Waals surface area contributed by atoms with Crippen LogP contribution in [-0.4, -0.2) is 37.6 Å². The molecule has 158 valence electrons. The summed E-state index contributed by atoms with van der Waals surface area (Å²) < 4.78 is 1.36. The fourth-order valence-electron chi connectivity index (χ4n) is 2.47. The quantitative estimate of drug-likeness (QED) is 0.519. The van der Waals surface area contributed by atoms with Gasteiger partial charge >= 0.3 is 6.03 Å². The number of hydrogen-bond donors (Lipinski definition) is 3. The van der Waals surface area contributed by atoms with Crippen molar-refractivity contribution in [2.45, 2.75) is 69.8 Å². The van der Waals surface area contributed by atoms with Crippen molar-refractivity contribution in [3.63, 3.8) is 0 Å². The zero-order chi connectivity index (χ0) is 22.0.